The first-order valence-electron chi connectivity index (χ1n) is 7.15. The maximum Gasteiger partial charge on any atom is 0.109 e. The Morgan fingerprint density at radius 2 is 1.89 bits per heavy atom. The average Bonchev–Trinajstić information content (AvgIpc) is 2.69. The molecular formula is C16H24N2. The van der Waals surface area contributed by atoms with Crippen molar-refractivity contribution < 1.29 is 0 Å². The number of hydrogen-bond acceptors (Lipinski definition) is 1. The summed E-state index contributed by atoms with van der Waals surface area (Å²) in [7, 11) is 2.14. The Labute approximate surface area is 110 Å². The van der Waals surface area contributed by atoms with Crippen LogP contribution in [0.3, 0.4) is 0 Å². The zero-order valence-corrected chi connectivity index (χ0v) is 11.9. The molecule has 2 heteroatoms. The summed E-state index contributed by atoms with van der Waals surface area (Å²) in [6.45, 7) is 4.40. The van der Waals surface area contributed by atoms with E-state index in [1.165, 1.54) is 54.5 Å². The van der Waals surface area contributed by atoms with Gasteiger partial charge in [-0.1, -0.05) is 44.7 Å². The van der Waals surface area contributed by atoms with Gasteiger partial charge in [0.25, 0.3) is 0 Å². The summed E-state index contributed by atoms with van der Waals surface area (Å²) >= 11 is 0. The third-order valence-electron chi connectivity index (χ3n) is 3.71. The highest BCUT2D eigenvalue weighted by Gasteiger charge is 2.08. The molecule has 1 aromatic heterocycles. The molecule has 0 aliphatic carbocycles. The monoisotopic (exact) mass is 244 g/mol. The summed E-state index contributed by atoms with van der Waals surface area (Å²) in [4.78, 5) is 4.79. The Hall–Kier alpha value is -1.31. The largest absolute Gasteiger partial charge is 0.331 e. The third-order valence-corrected chi connectivity index (χ3v) is 3.71. The minimum absolute atomic E-state index is 1.11. The first kappa shape index (κ1) is 13.1. The molecule has 98 valence electrons. The Morgan fingerprint density at radius 3 is 2.61 bits per heavy atom. The van der Waals surface area contributed by atoms with Gasteiger partial charge in [-0.25, -0.2) is 4.98 Å². The van der Waals surface area contributed by atoms with E-state index < -0.39 is 0 Å². The lowest BCUT2D eigenvalue weighted by Gasteiger charge is -2.02. The third kappa shape index (κ3) is 2.74. The van der Waals surface area contributed by atoms with E-state index in [4.69, 9.17) is 4.98 Å². The second-order valence-electron chi connectivity index (χ2n) is 5.19. The topological polar surface area (TPSA) is 17.8 Å². The molecule has 0 saturated carbocycles. The first-order chi connectivity index (χ1) is 8.74. The van der Waals surface area contributed by atoms with Crippen LogP contribution in [-0.4, -0.2) is 9.55 Å². The van der Waals surface area contributed by atoms with E-state index in [1.807, 2.05) is 0 Å². The molecular weight excluding hydrogens is 220 g/mol. The number of aryl methyl sites for hydroxylation is 3. The zero-order chi connectivity index (χ0) is 13.0. The predicted octanol–water partition coefficient (Wildman–Crippen LogP) is 4.39. The number of aromatic nitrogens is 2. The van der Waals surface area contributed by atoms with Crippen LogP contribution in [-0.2, 0) is 13.5 Å². The number of imidazole rings is 1. The van der Waals surface area contributed by atoms with Gasteiger partial charge < -0.3 is 4.57 Å². The van der Waals surface area contributed by atoms with E-state index in [2.05, 4.69) is 43.7 Å². The highest BCUT2D eigenvalue weighted by Crippen LogP contribution is 2.19. The Kier molecular flexibility index (Phi) is 4.40. The lowest BCUT2D eigenvalue weighted by molar-refractivity contribution is 0.616. The summed E-state index contributed by atoms with van der Waals surface area (Å²) in [6.07, 6.45) is 7.73. The van der Waals surface area contributed by atoms with Gasteiger partial charge in [-0.05, 0) is 25.0 Å². The van der Waals surface area contributed by atoms with Crippen LogP contribution in [0.15, 0.2) is 18.2 Å². The number of para-hydroxylation sites is 1. The van der Waals surface area contributed by atoms with Crippen LogP contribution >= 0.6 is 0 Å². The van der Waals surface area contributed by atoms with Crippen molar-refractivity contribution in [3.63, 3.8) is 0 Å². The second kappa shape index (κ2) is 6.03. The van der Waals surface area contributed by atoms with Gasteiger partial charge in [0.2, 0.25) is 0 Å². The van der Waals surface area contributed by atoms with Crippen molar-refractivity contribution >= 4 is 11.0 Å². The summed E-state index contributed by atoms with van der Waals surface area (Å²) in [5.74, 6) is 1.23. The number of benzene rings is 1. The van der Waals surface area contributed by atoms with Crippen molar-refractivity contribution in [1.82, 2.24) is 9.55 Å². The van der Waals surface area contributed by atoms with E-state index in [1.54, 1.807) is 0 Å². The highest BCUT2D eigenvalue weighted by atomic mass is 15.1. The molecule has 1 aromatic carbocycles. The molecule has 0 amide bonds. The van der Waals surface area contributed by atoms with Gasteiger partial charge in [0, 0.05) is 13.5 Å². The van der Waals surface area contributed by atoms with Gasteiger partial charge in [0.1, 0.15) is 5.82 Å². The Bertz CT molecular complexity index is 511. The standard InChI is InChI=1S/C16H24N2/c1-4-5-6-7-8-12-15-17-16-13(2)10-9-11-14(16)18(15)3/h9-11H,4-8,12H2,1-3H3. The predicted molar refractivity (Wildman–Crippen MR) is 77.9 cm³/mol. The molecule has 0 radical (unpaired) electrons. The molecule has 0 atom stereocenters. The highest BCUT2D eigenvalue weighted by molar-refractivity contribution is 5.79. The lowest BCUT2D eigenvalue weighted by atomic mass is 10.1. The van der Waals surface area contributed by atoms with Crippen LogP contribution in [0.4, 0.5) is 0 Å². The van der Waals surface area contributed by atoms with E-state index >= 15 is 0 Å². The fraction of sp³-hybridized carbons (Fsp3) is 0.562. The molecule has 0 fully saturated rings. The van der Waals surface area contributed by atoms with Crippen molar-refractivity contribution in [3.05, 3.63) is 29.6 Å². The molecule has 0 N–H and O–H groups in total. The summed E-state index contributed by atoms with van der Waals surface area (Å²) in [5, 5.41) is 0. The maximum atomic E-state index is 4.79. The molecule has 18 heavy (non-hydrogen) atoms. The van der Waals surface area contributed by atoms with Gasteiger partial charge in [0.15, 0.2) is 0 Å². The normalized spacial score (nSPS) is 11.3. The number of nitrogens with zero attached hydrogens (tertiary/aromatic N) is 2. The second-order valence-corrected chi connectivity index (χ2v) is 5.19. The number of unbranched alkanes of at least 4 members (excludes halogenated alkanes) is 4. The number of fused-ring (bicyclic) bond motifs is 1. The first-order valence-corrected chi connectivity index (χ1v) is 7.15. The van der Waals surface area contributed by atoms with E-state index in [0.717, 1.165) is 6.42 Å². The minimum Gasteiger partial charge on any atom is -0.331 e. The molecule has 0 spiro atoms. The summed E-state index contributed by atoms with van der Waals surface area (Å²) in [6, 6.07) is 6.42. The van der Waals surface area contributed by atoms with Crippen molar-refractivity contribution in [2.45, 2.75) is 52.4 Å². The Balaban J connectivity index is 2.05. The fourth-order valence-corrected chi connectivity index (χ4v) is 2.51. The SMILES string of the molecule is CCCCCCCc1nc2c(C)cccc2n1C. The molecule has 0 aliphatic rings. The van der Waals surface area contributed by atoms with E-state index in [0.29, 0.717) is 0 Å². The minimum atomic E-state index is 1.11. The molecule has 0 aliphatic heterocycles. The van der Waals surface area contributed by atoms with Crippen molar-refractivity contribution in [2.75, 3.05) is 0 Å². The van der Waals surface area contributed by atoms with Crippen molar-refractivity contribution in [2.24, 2.45) is 7.05 Å². The van der Waals surface area contributed by atoms with Crippen LogP contribution in [0.1, 0.15) is 50.4 Å². The van der Waals surface area contributed by atoms with Crippen LogP contribution in [0, 0.1) is 6.92 Å². The van der Waals surface area contributed by atoms with Crippen LogP contribution < -0.4 is 0 Å². The molecule has 0 saturated heterocycles. The van der Waals surface area contributed by atoms with Crippen LogP contribution in [0.25, 0.3) is 11.0 Å². The van der Waals surface area contributed by atoms with Crippen LogP contribution in [0.2, 0.25) is 0 Å². The van der Waals surface area contributed by atoms with Crippen molar-refractivity contribution in [1.29, 1.82) is 0 Å². The quantitative estimate of drug-likeness (QED) is 0.689. The lowest BCUT2D eigenvalue weighted by Crippen LogP contribution is -1.97. The van der Waals surface area contributed by atoms with Crippen molar-refractivity contribution in [3.8, 4) is 0 Å². The molecule has 2 aromatic rings. The molecule has 2 nitrogen and oxygen atoms in total. The van der Waals surface area contributed by atoms with Gasteiger partial charge >= 0.3 is 0 Å². The van der Waals surface area contributed by atoms with Crippen LogP contribution in [0.5, 0.6) is 0 Å². The maximum absolute atomic E-state index is 4.79. The van der Waals surface area contributed by atoms with E-state index in [-0.39, 0.29) is 0 Å². The number of rotatable bonds is 6. The molecule has 0 bridgehead atoms. The molecule has 1 heterocycles. The zero-order valence-electron chi connectivity index (χ0n) is 11.9. The smallest absolute Gasteiger partial charge is 0.109 e. The van der Waals surface area contributed by atoms with Gasteiger partial charge in [0.05, 0.1) is 11.0 Å². The number of hydrogen-bond donors (Lipinski definition) is 0. The van der Waals surface area contributed by atoms with Gasteiger partial charge in [-0.3, -0.25) is 0 Å². The molecule has 0 unspecified atom stereocenters. The fourth-order valence-electron chi connectivity index (χ4n) is 2.51. The molecule has 2 rings (SSSR count). The van der Waals surface area contributed by atoms with E-state index in [9.17, 15) is 0 Å². The summed E-state index contributed by atoms with van der Waals surface area (Å²) in [5.41, 5.74) is 3.71. The summed E-state index contributed by atoms with van der Waals surface area (Å²) < 4.78 is 2.25. The van der Waals surface area contributed by atoms with Gasteiger partial charge in [-0.15, -0.1) is 0 Å². The van der Waals surface area contributed by atoms with Gasteiger partial charge in [-0.2, -0.15) is 0 Å². The Morgan fingerprint density at radius 1 is 1.11 bits per heavy atom. The average molecular weight is 244 g/mol.